The maximum Gasteiger partial charge on any atom is 0.285 e. The Morgan fingerprint density at radius 3 is 2.40 bits per heavy atom. The first-order valence-electron chi connectivity index (χ1n) is 8.13. The zero-order chi connectivity index (χ0) is 18.7. The molecule has 0 bridgehead atoms. The van der Waals surface area contributed by atoms with E-state index in [2.05, 4.69) is 6.07 Å². The molecule has 1 aromatic rings. The number of hydrogen-bond donors (Lipinski definition) is 0. The highest BCUT2D eigenvalue weighted by Crippen LogP contribution is 2.26. The van der Waals surface area contributed by atoms with Crippen molar-refractivity contribution in [3.8, 4) is 6.07 Å². The highest BCUT2D eigenvalue weighted by molar-refractivity contribution is 5.98. The van der Waals surface area contributed by atoms with Gasteiger partial charge in [-0.15, -0.1) is 0 Å². The fourth-order valence-corrected chi connectivity index (χ4v) is 3.17. The minimum Gasteiger partial charge on any atom is -0.336 e. The van der Waals surface area contributed by atoms with Gasteiger partial charge >= 0.3 is 0 Å². The van der Waals surface area contributed by atoms with E-state index in [1.54, 1.807) is 0 Å². The van der Waals surface area contributed by atoms with E-state index < -0.39 is 16.6 Å². The first-order chi connectivity index (χ1) is 11.8. The van der Waals surface area contributed by atoms with Gasteiger partial charge in [-0.2, -0.15) is 5.26 Å². The molecule has 0 spiro atoms. The summed E-state index contributed by atoms with van der Waals surface area (Å²) in [4.78, 5) is 26.8. The summed E-state index contributed by atoms with van der Waals surface area (Å²) in [6, 6.07) is 4.01. The largest absolute Gasteiger partial charge is 0.336 e. The van der Waals surface area contributed by atoms with Gasteiger partial charge in [0.1, 0.15) is 17.4 Å². The summed E-state index contributed by atoms with van der Waals surface area (Å²) in [6.07, 6.45) is 0. The van der Waals surface area contributed by atoms with Crippen LogP contribution in [0.15, 0.2) is 12.1 Å². The van der Waals surface area contributed by atoms with Crippen molar-refractivity contribution < 1.29 is 14.1 Å². The third kappa shape index (κ3) is 3.94. The zero-order valence-corrected chi connectivity index (χ0v) is 14.5. The monoisotopic (exact) mass is 348 g/mol. The second-order valence-electron chi connectivity index (χ2n) is 6.52. The molecule has 1 aromatic carbocycles. The predicted molar refractivity (Wildman–Crippen MR) is 89.5 cm³/mol. The van der Waals surface area contributed by atoms with E-state index in [0.29, 0.717) is 26.2 Å². The molecule has 0 radical (unpaired) electrons. The molecular weight excluding hydrogens is 327 g/mol. The molecule has 1 atom stereocenters. The number of halogens is 1. The normalized spacial score (nSPS) is 16.6. The fraction of sp³-hybridized carbons (Fsp3) is 0.529. The molecule has 7 nitrogen and oxygen atoms in total. The summed E-state index contributed by atoms with van der Waals surface area (Å²) in [5.41, 5.74) is -0.459. The molecular formula is C17H21FN4O3. The van der Waals surface area contributed by atoms with Crippen molar-refractivity contribution in [3.05, 3.63) is 39.2 Å². The van der Waals surface area contributed by atoms with E-state index in [4.69, 9.17) is 0 Å². The van der Waals surface area contributed by atoms with Crippen LogP contribution < -0.4 is 0 Å². The average molecular weight is 348 g/mol. The van der Waals surface area contributed by atoms with Gasteiger partial charge < -0.3 is 4.90 Å². The number of rotatable bonds is 4. The number of hydrogen-bond acceptors (Lipinski definition) is 5. The van der Waals surface area contributed by atoms with Crippen molar-refractivity contribution in [2.24, 2.45) is 5.92 Å². The molecule has 0 unspecified atom stereocenters. The van der Waals surface area contributed by atoms with Gasteiger partial charge in [0.2, 0.25) is 0 Å². The minimum atomic E-state index is -0.672. The first-order valence-corrected chi connectivity index (χ1v) is 8.13. The molecule has 1 aliphatic heterocycles. The summed E-state index contributed by atoms with van der Waals surface area (Å²) in [5.74, 6) is -1.05. The Morgan fingerprint density at radius 1 is 1.32 bits per heavy atom. The summed E-state index contributed by atoms with van der Waals surface area (Å²) >= 11 is 0. The molecule has 0 aromatic heterocycles. The SMILES string of the molecule is Cc1cc(F)cc(C(=O)N2CCN([C@H](C#N)C(C)C)CC2)c1[N+](=O)[O-]. The van der Waals surface area contributed by atoms with Crippen LogP contribution in [0.3, 0.4) is 0 Å². The van der Waals surface area contributed by atoms with Gasteiger partial charge in [-0.05, 0) is 25.0 Å². The third-order valence-electron chi connectivity index (χ3n) is 4.44. The third-order valence-corrected chi connectivity index (χ3v) is 4.44. The number of carbonyl (C=O) groups is 1. The maximum atomic E-state index is 13.7. The molecule has 0 saturated carbocycles. The number of amides is 1. The quantitative estimate of drug-likeness (QED) is 0.615. The fourth-order valence-electron chi connectivity index (χ4n) is 3.17. The van der Waals surface area contributed by atoms with Gasteiger partial charge in [-0.1, -0.05) is 13.8 Å². The average Bonchev–Trinajstić information content (AvgIpc) is 2.54. The number of benzene rings is 1. The highest BCUT2D eigenvalue weighted by atomic mass is 19.1. The number of nitro groups is 1. The van der Waals surface area contributed by atoms with Gasteiger partial charge in [-0.25, -0.2) is 4.39 Å². The molecule has 1 amide bonds. The van der Waals surface area contributed by atoms with Crippen LogP contribution in [0.4, 0.5) is 10.1 Å². The van der Waals surface area contributed by atoms with Crippen LogP contribution in [0.25, 0.3) is 0 Å². The summed E-state index contributed by atoms with van der Waals surface area (Å²) in [6.45, 7) is 7.03. The van der Waals surface area contributed by atoms with Gasteiger partial charge in [0.15, 0.2) is 0 Å². The first kappa shape index (κ1) is 18.8. The molecule has 1 aliphatic rings. The number of nitro benzene ring substituents is 1. The topological polar surface area (TPSA) is 90.5 Å². The van der Waals surface area contributed by atoms with Crippen LogP contribution in [0.2, 0.25) is 0 Å². The van der Waals surface area contributed by atoms with Crippen LogP contribution >= 0.6 is 0 Å². The number of nitriles is 1. The Bertz CT molecular complexity index is 721. The molecule has 1 fully saturated rings. The summed E-state index contributed by atoms with van der Waals surface area (Å²) in [7, 11) is 0. The Hall–Kier alpha value is -2.53. The van der Waals surface area contributed by atoms with Crippen molar-refractivity contribution in [2.45, 2.75) is 26.8 Å². The summed E-state index contributed by atoms with van der Waals surface area (Å²) < 4.78 is 13.7. The highest BCUT2D eigenvalue weighted by Gasteiger charge is 2.32. The van der Waals surface area contributed by atoms with Crippen LogP contribution in [0, 0.1) is 40.1 Å². The van der Waals surface area contributed by atoms with Gasteiger partial charge in [-0.3, -0.25) is 19.8 Å². The number of aryl methyl sites for hydroxylation is 1. The van der Waals surface area contributed by atoms with E-state index in [9.17, 15) is 24.6 Å². The van der Waals surface area contributed by atoms with Crippen molar-refractivity contribution in [1.29, 1.82) is 5.26 Å². The Kier molecular flexibility index (Phi) is 5.69. The van der Waals surface area contributed by atoms with Crippen molar-refractivity contribution >= 4 is 11.6 Å². The molecule has 1 saturated heterocycles. The van der Waals surface area contributed by atoms with Crippen LogP contribution in [0.5, 0.6) is 0 Å². The van der Waals surface area contributed by atoms with Crippen molar-refractivity contribution in [3.63, 3.8) is 0 Å². The van der Waals surface area contributed by atoms with Crippen molar-refractivity contribution in [2.75, 3.05) is 26.2 Å². The van der Waals surface area contributed by atoms with Gasteiger partial charge in [0.05, 0.1) is 11.0 Å². The molecule has 25 heavy (non-hydrogen) atoms. The Morgan fingerprint density at radius 2 is 1.92 bits per heavy atom. The molecule has 1 heterocycles. The Balaban J connectivity index is 2.19. The van der Waals surface area contributed by atoms with E-state index in [-0.39, 0.29) is 28.8 Å². The van der Waals surface area contributed by atoms with Crippen molar-refractivity contribution in [1.82, 2.24) is 9.80 Å². The lowest BCUT2D eigenvalue weighted by Gasteiger charge is -2.38. The number of piperazine rings is 1. The smallest absolute Gasteiger partial charge is 0.285 e. The summed E-state index contributed by atoms with van der Waals surface area (Å²) in [5, 5.41) is 20.5. The Labute approximate surface area is 145 Å². The van der Waals surface area contributed by atoms with E-state index >= 15 is 0 Å². The maximum absolute atomic E-state index is 13.7. The molecule has 8 heteroatoms. The van der Waals surface area contributed by atoms with Crippen LogP contribution in [-0.2, 0) is 0 Å². The molecule has 2 rings (SSSR count). The molecule has 0 N–H and O–H groups in total. The van der Waals surface area contributed by atoms with Crippen LogP contribution in [0.1, 0.15) is 29.8 Å². The standard InChI is InChI=1S/C17H21FN4O3/c1-11(2)15(10-19)20-4-6-21(7-5-20)17(23)14-9-13(18)8-12(3)16(14)22(24)25/h8-9,11,15H,4-7H2,1-3H3/t15-/m1/s1. The lowest BCUT2D eigenvalue weighted by molar-refractivity contribution is -0.385. The number of carbonyl (C=O) groups excluding carboxylic acids is 1. The number of nitrogens with zero attached hydrogens (tertiary/aromatic N) is 4. The second-order valence-corrected chi connectivity index (χ2v) is 6.52. The second kappa shape index (κ2) is 7.57. The van der Waals surface area contributed by atoms with Gasteiger partial charge in [0, 0.05) is 31.7 Å². The predicted octanol–water partition coefficient (Wildman–Crippen LogP) is 2.35. The minimum absolute atomic E-state index is 0.122. The zero-order valence-electron chi connectivity index (χ0n) is 14.5. The van der Waals surface area contributed by atoms with E-state index in [1.165, 1.54) is 11.8 Å². The lowest BCUT2D eigenvalue weighted by atomic mass is 10.0. The van der Waals surface area contributed by atoms with E-state index in [1.807, 2.05) is 18.7 Å². The lowest BCUT2D eigenvalue weighted by Crippen LogP contribution is -2.52. The van der Waals surface area contributed by atoms with Gasteiger partial charge in [0.25, 0.3) is 11.6 Å². The van der Waals surface area contributed by atoms with E-state index in [0.717, 1.165) is 12.1 Å². The molecule has 134 valence electrons. The van der Waals surface area contributed by atoms with Crippen LogP contribution in [-0.4, -0.2) is 52.9 Å². The molecule has 0 aliphatic carbocycles.